The minimum atomic E-state index is -1.27. The fourth-order valence-corrected chi connectivity index (χ4v) is 5.02. The van der Waals surface area contributed by atoms with Gasteiger partial charge < -0.3 is 9.67 Å². The first-order valence-electron chi connectivity index (χ1n) is 10.7. The summed E-state index contributed by atoms with van der Waals surface area (Å²) in [5.41, 5.74) is 0.341. The maximum Gasteiger partial charge on any atom is 0.360 e. The van der Waals surface area contributed by atoms with Crippen LogP contribution >= 0.6 is 0 Å². The Bertz CT molecular complexity index is 981. The summed E-state index contributed by atoms with van der Waals surface area (Å²) in [4.78, 5) is 31.2. The maximum absolute atomic E-state index is 13.0. The Morgan fingerprint density at radius 2 is 2.07 bits per heavy atom. The van der Waals surface area contributed by atoms with Crippen LogP contribution in [0.5, 0.6) is 0 Å². The molecule has 3 atom stereocenters. The highest BCUT2D eigenvalue weighted by molar-refractivity contribution is 5.88. The molecule has 6 nitrogen and oxygen atoms in total. The third kappa shape index (κ3) is 3.99. The number of benzene rings is 1. The van der Waals surface area contributed by atoms with Gasteiger partial charge in [0.05, 0.1) is 11.0 Å². The number of carboxylic acids is 1. The zero-order valence-electron chi connectivity index (χ0n) is 17.0. The largest absolute Gasteiger partial charge is 0.476 e. The van der Waals surface area contributed by atoms with Crippen molar-refractivity contribution in [2.45, 2.75) is 70.0 Å². The van der Waals surface area contributed by atoms with E-state index in [-0.39, 0.29) is 6.04 Å². The third-order valence-corrected chi connectivity index (χ3v) is 6.38. The predicted molar refractivity (Wildman–Crippen MR) is 113 cm³/mol. The van der Waals surface area contributed by atoms with E-state index in [1.54, 1.807) is 10.6 Å². The van der Waals surface area contributed by atoms with E-state index in [0.29, 0.717) is 23.1 Å². The maximum atomic E-state index is 13.0. The Balaban J connectivity index is 1.65. The highest BCUT2D eigenvalue weighted by atomic mass is 16.4. The van der Waals surface area contributed by atoms with Gasteiger partial charge in [0.15, 0.2) is 0 Å². The monoisotopic (exact) mass is 395 g/mol. The van der Waals surface area contributed by atoms with Crippen LogP contribution in [0.2, 0.25) is 0 Å². The summed E-state index contributed by atoms with van der Waals surface area (Å²) in [6, 6.07) is 8.09. The molecular weight excluding hydrogens is 366 g/mol. The van der Waals surface area contributed by atoms with Crippen molar-refractivity contribution in [3.63, 3.8) is 0 Å². The van der Waals surface area contributed by atoms with Gasteiger partial charge >= 0.3 is 5.97 Å². The number of likely N-dealkylation sites (tertiary alicyclic amines) is 1. The zero-order chi connectivity index (χ0) is 20.4. The second kappa shape index (κ2) is 8.49. The van der Waals surface area contributed by atoms with Gasteiger partial charge in [-0.15, -0.1) is 0 Å². The number of hydrogen-bond acceptors (Lipinski definition) is 4. The lowest BCUT2D eigenvalue weighted by molar-refractivity contribution is 0.0687. The van der Waals surface area contributed by atoms with Crippen molar-refractivity contribution >= 4 is 17.0 Å². The van der Waals surface area contributed by atoms with Crippen molar-refractivity contribution < 1.29 is 9.90 Å². The van der Waals surface area contributed by atoms with Crippen molar-refractivity contribution in [2.24, 2.45) is 0 Å². The van der Waals surface area contributed by atoms with E-state index in [0.717, 1.165) is 19.4 Å². The summed E-state index contributed by atoms with van der Waals surface area (Å²) >= 11 is 0. The molecule has 29 heavy (non-hydrogen) atoms. The van der Waals surface area contributed by atoms with Gasteiger partial charge in [0.25, 0.3) is 5.56 Å². The molecule has 0 spiro atoms. The molecule has 1 fully saturated rings. The van der Waals surface area contributed by atoms with E-state index in [1.807, 2.05) is 25.1 Å². The average molecular weight is 396 g/mol. The molecule has 1 unspecified atom stereocenters. The van der Waals surface area contributed by atoms with Crippen molar-refractivity contribution in [3.05, 3.63) is 52.5 Å². The van der Waals surface area contributed by atoms with E-state index in [2.05, 4.69) is 22.0 Å². The molecule has 1 saturated heterocycles. The molecule has 2 aliphatic rings. The molecule has 2 aromatic rings. The lowest BCUT2D eigenvalue weighted by Gasteiger charge is -2.33. The fourth-order valence-electron chi connectivity index (χ4n) is 5.02. The van der Waals surface area contributed by atoms with Gasteiger partial charge in [-0.1, -0.05) is 30.7 Å². The van der Waals surface area contributed by atoms with E-state index in [1.165, 1.54) is 32.1 Å². The molecule has 1 aliphatic heterocycles. The molecular formula is C23H29N3O3. The number of hydrogen-bond donors (Lipinski definition) is 1. The van der Waals surface area contributed by atoms with E-state index < -0.39 is 17.2 Å². The van der Waals surface area contributed by atoms with Crippen LogP contribution in [0.25, 0.3) is 11.0 Å². The molecule has 6 heteroatoms. The Kier molecular flexibility index (Phi) is 5.81. The van der Waals surface area contributed by atoms with Crippen LogP contribution < -0.4 is 5.56 Å². The molecule has 0 bridgehead atoms. The molecule has 154 valence electrons. The number of para-hydroxylation sites is 2. The van der Waals surface area contributed by atoms with Crippen LogP contribution in [0.3, 0.4) is 0 Å². The smallest absolute Gasteiger partial charge is 0.360 e. The summed E-state index contributed by atoms with van der Waals surface area (Å²) < 4.78 is 1.64. The van der Waals surface area contributed by atoms with E-state index >= 15 is 0 Å². The topological polar surface area (TPSA) is 75.4 Å². The third-order valence-electron chi connectivity index (χ3n) is 6.38. The Morgan fingerprint density at radius 3 is 2.90 bits per heavy atom. The number of fused-ring (bicyclic) bond motifs is 1. The number of carbonyl (C=O) groups is 1. The number of rotatable bonds is 5. The van der Waals surface area contributed by atoms with Crippen molar-refractivity contribution in [3.8, 4) is 0 Å². The lowest BCUT2D eigenvalue weighted by Crippen LogP contribution is -2.40. The summed E-state index contributed by atoms with van der Waals surface area (Å²) in [5, 5.41) is 9.46. The van der Waals surface area contributed by atoms with Gasteiger partial charge in [-0.05, 0) is 64.1 Å². The van der Waals surface area contributed by atoms with Crippen LogP contribution in [-0.2, 0) is 0 Å². The molecule has 4 rings (SSSR count). The second-order valence-electron chi connectivity index (χ2n) is 8.33. The molecule has 0 radical (unpaired) electrons. The first-order chi connectivity index (χ1) is 14.1. The normalized spacial score (nSPS) is 23.9. The number of aromatic nitrogens is 2. The van der Waals surface area contributed by atoms with Gasteiger partial charge in [0, 0.05) is 18.1 Å². The molecule has 2 heterocycles. The molecule has 1 aromatic heterocycles. The van der Waals surface area contributed by atoms with Gasteiger partial charge in [-0.3, -0.25) is 9.69 Å². The van der Waals surface area contributed by atoms with Gasteiger partial charge in [0.1, 0.15) is 0 Å². The van der Waals surface area contributed by atoms with Crippen molar-refractivity contribution in [1.29, 1.82) is 0 Å². The molecule has 1 aliphatic carbocycles. The average Bonchev–Trinajstić information content (AvgIpc) is 2.99. The molecule has 0 saturated carbocycles. The van der Waals surface area contributed by atoms with Crippen LogP contribution in [0.4, 0.5) is 0 Å². The number of allylic oxidation sites excluding steroid dienone is 1. The van der Waals surface area contributed by atoms with Crippen LogP contribution in [-0.4, -0.2) is 44.2 Å². The van der Waals surface area contributed by atoms with Gasteiger partial charge in [-0.25, -0.2) is 9.78 Å². The van der Waals surface area contributed by atoms with Crippen LogP contribution in [0.15, 0.2) is 41.2 Å². The highest BCUT2D eigenvalue weighted by Crippen LogP contribution is 2.31. The van der Waals surface area contributed by atoms with E-state index in [9.17, 15) is 14.7 Å². The minimum Gasteiger partial charge on any atom is -0.476 e. The van der Waals surface area contributed by atoms with Crippen LogP contribution in [0, 0.1) is 0 Å². The quantitative estimate of drug-likeness (QED) is 0.774. The number of carboxylic acid groups (broad SMARTS) is 1. The first kappa shape index (κ1) is 19.8. The molecule has 1 aromatic carbocycles. The SMILES string of the molecule is C[C@@H](C[C@@H]1CCCN1C1C=CCCCC1)n1c(=O)c(C(=O)O)nc2ccccc21. The van der Waals surface area contributed by atoms with Gasteiger partial charge in [-0.2, -0.15) is 0 Å². The summed E-state index contributed by atoms with van der Waals surface area (Å²) in [7, 11) is 0. The van der Waals surface area contributed by atoms with Crippen LogP contribution in [0.1, 0.15) is 68.4 Å². The molecule has 0 amide bonds. The lowest BCUT2D eigenvalue weighted by atomic mass is 10.0. The zero-order valence-corrected chi connectivity index (χ0v) is 17.0. The fraction of sp³-hybridized carbons (Fsp3) is 0.522. The first-order valence-corrected chi connectivity index (χ1v) is 10.7. The number of nitrogens with zero attached hydrogens (tertiary/aromatic N) is 3. The van der Waals surface area contributed by atoms with Gasteiger partial charge in [0.2, 0.25) is 5.69 Å². The highest BCUT2D eigenvalue weighted by Gasteiger charge is 2.32. The standard InChI is InChI=1S/C23H29N3O3/c1-16(15-18-11-8-14-25(18)17-9-4-2-3-5-10-17)26-20-13-7-6-12-19(20)24-21(22(26)27)23(28)29/h4,6-7,9,12-13,16-18H,2-3,5,8,10-11,14-15H2,1H3,(H,28,29)/t16-,17?,18-/m0/s1. The summed E-state index contributed by atoms with van der Waals surface area (Å²) in [6.07, 6.45) is 12.7. The minimum absolute atomic E-state index is 0.103. The molecule has 1 N–H and O–H groups in total. The Morgan fingerprint density at radius 1 is 1.24 bits per heavy atom. The second-order valence-corrected chi connectivity index (χ2v) is 8.33. The van der Waals surface area contributed by atoms with Crippen molar-refractivity contribution in [1.82, 2.24) is 14.5 Å². The van der Waals surface area contributed by atoms with E-state index in [4.69, 9.17) is 0 Å². The summed E-state index contributed by atoms with van der Waals surface area (Å²) in [5.74, 6) is -1.27. The Labute approximate surface area is 170 Å². The predicted octanol–water partition coefficient (Wildman–Crippen LogP) is 4.01. The Hall–Kier alpha value is -2.47. The summed E-state index contributed by atoms with van der Waals surface area (Å²) in [6.45, 7) is 3.12. The van der Waals surface area contributed by atoms with Crippen molar-refractivity contribution in [2.75, 3.05) is 6.54 Å². The number of aromatic carboxylic acids is 1.